The van der Waals surface area contributed by atoms with Gasteiger partial charge in [-0.05, 0) is 36.6 Å². The van der Waals surface area contributed by atoms with Crippen molar-refractivity contribution in [2.75, 3.05) is 0 Å². The Bertz CT molecular complexity index is 878. The van der Waals surface area contributed by atoms with Crippen molar-refractivity contribution in [2.45, 2.75) is 38.2 Å². The standard InChI is InChI=1S/C15H19N3O4S/c1-3-5-11-9-13(19)18-15(17-11)10(4-2)8-12-6-7-14(22-12)23(16,20)21/h6-9H,3-5H2,1-2H3,(H2,16,20,21)(H,17,18,19). The Kier molecular flexibility index (Phi) is 5.17. The topological polar surface area (TPSA) is 119 Å². The van der Waals surface area contributed by atoms with Crippen LogP contribution in [-0.4, -0.2) is 18.4 Å². The van der Waals surface area contributed by atoms with E-state index in [1.165, 1.54) is 18.2 Å². The maximum atomic E-state index is 11.8. The number of aryl methyl sites for hydroxylation is 1. The van der Waals surface area contributed by atoms with Crippen LogP contribution in [0.2, 0.25) is 0 Å². The predicted octanol–water partition coefficient (Wildman–Crippen LogP) is 1.91. The fourth-order valence-corrected chi connectivity index (χ4v) is 2.59. The van der Waals surface area contributed by atoms with E-state index < -0.39 is 10.0 Å². The van der Waals surface area contributed by atoms with Gasteiger partial charge in [0.2, 0.25) is 5.09 Å². The lowest BCUT2D eigenvalue weighted by molar-refractivity contribution is 0.444. The number of furan rings is 1. The number of H-pyrrole nitrogens is 1. The zero-order chi connectivity index (χ0) is 17.0. The van der Waals surface area contributed by atoms with Gasteiger partial charge < -0.3 is 9.40 Å². The molecule has 0 aliphatic heterocycles. The number of hydrogen-bond donors (Lipinski definition) is 2. The number of allylic oxidation sites excluding steroid dienone is 1. The second kappa shape index (κ2) is 6.93. The van der Waals surface area contributed by atoms with Gasteiger partial charge in [-0.25, -0.2) is 18.5 Å². The maximum absolute atomic E-state index is 11.8. The zero-order valence-corrected chi connectivity index (χ0v) is 13.8. The molecule has 2 heterocycles. The molecule has 0 saturated heterocycles. The summed E-state index contributed by atoms with van der Waals surface area (Å²) in [4.78, 5) is 18.9. The van der Waals surface area contributed by atoms with Gasteiger partial charge in [0.15, 0.2) is 0 Å². The predicted molar refractivity (Wildman–Crippen MR) is 87.1 cm³/mol. The first-order chi connectivity index (χ1) is 10.8. The van der Waals surface area contributed by atoms with E-state index in [2.05, 4.69) is 9.97 Å². The van der Waals surface area contributed by atoms with Gasteiger partial charge in [0.1, 0.15) is 11.6 Å². The third-order valence-electron chi connectivity index (χ3n) is 3.18. The lowest BCUT2D eigenvalue weighted by Crippen LogP contribution is -2.12. The molecule has 8 heteroatoms. The fraction of sp³-hybridized carbons (Fsp3) is 0.333. The molecule has 0 aliphatic carbocycles. The van der Waals surface area contributed by atoms with Gasteiger partial charge in [-0.15, -0.1) is 0 Å². The Hall–Kier alpha value is -2.19. The Morgan fingerprint density at radius 2 is 2.13 bits per heavy atom. The molecule has 0 unspecified atom stereocenters. The molecule has 0 bridgehead atoms. The Balaban J connectivity index is 2.43. The van der Waals surface area contributed by atoms with Gasteiger partial charge in [0.25, 0.3) is 15.6 Å². The molecule has 0 radical (unpaired) electrons. The highest BCUT2D eigenvalue weighted by molar-refractivity contribution is 7.89. The van der Waals surface area contributed by atoms with E-state index in [-0.39, 0.29) is 10.7 Å². The van der Waals surface area contributed by atoms with E-state index in [1.54, 1.807) is 6.08 Å². The minimum atomic E-state index is -3.88. The van der Waals surface area contributed by atoms with E-state index >= 15 is 0 Å². The van der Waals surface area contributed by atoms with Crippen molar-refractivity contribution < 1.29 is 12.8 Å². The van der Waals surface area contributed by atoms with Crippen molar-refractivity contribution in [1.29, 1.82) is 0 Å². The molecule has 0 aromatic carbocycles. The van der Waals surface area contributed by atoms with Gasteiger partial charge in [-0.2, -0.15) is 0 Å². The van der Waals surface area contributed by atoms with Crippen LogP contribution in [0.15, 0.2) is 32.5 Å². The first-order valence-electron chi connectivity index (χ1n) is 7.27. The number of aromatic amines is 1. The van der Waals surface area contributed by atoms with Crippen molar-refractivity contribution in [3.63, 3.8) is 0 Å². The molecule has 0 saturated carbocycles. The monoisotopic (exact) mass is 337 g/mol. The van der Waals surface area contributed by atoms with E-state index in [9.17, 15) is 13.2 Å². The SMILES string of the molecule is CCCc1cc(=O)[nH]c(C(=Cc2ccc(S(N)(=O)=O)o2)CC)n1. The van der Waals surface area contributed by atoms with Crippen molar-refractivity contribution in [2.24, 2.45) is 5.14 Å². The van der Waals surface area contributed by atoms with Crippen molar-refractivity contribution >= 4 is 21.7 Å². The summed E-state index contributed by atoms with van der Waals surface area (Å²) in [5, 5.41) is 4.71. The molecule has 0 atom stereocenters. The summed E-state index contributed by atoms with van der Waals surface area (Å²) in [5.74, 6) is 0.784. The minimum Gasteiger partial charge on any atom is -0.444 e. The number of rotatable bonds is 6. The second-order valence-corrected chi connectivity index (χ2v) is 6.55. The summed E-state index contributed by atoms with van der Waals surface area (Å²) in [6, 6.07) is 4.27. The molecular weight excluding hydrogens is 318 g/mol. The van der Waals surface area contributed by atoms with E-state index in [4.69, 9.17) is 9.56 Å². The highest BCUT2D eigenvalue weighted by atomic mass is 32.2. The number of hydrogen-bond acceptors (Lipinski definition) is 5. The number of primary sulfonamides is 1. The molecule has 0 aliphatic rings. The first-order valence-corrected chi connectivity index (χ1v) is 8.82. The summed E-state index contributed by atoms with van der Waals surface area (Å²) in [5.41, 5.74) is 1.23. The molecule has 0 fully saturated rings. The average Bonchev–Trinajstić information content (AvgIpc) is 2.93. The van der Waals surface area contributed by atoms with Gasteiger partial charge in [-0.3, -0.25) is 4.79 Å². The highest BCUT2D eigenvalue weighted by Crippen LogP contribution is 2.21. The highest BCUT2D eigenvalue weighted by Gasteiger charge is 2.13. The average molecular weight is 337 g/mol. The van der Waals surface area contributed by atoms with Crippen LogP contribution in [0.5, 0.6) is 0 Å². The van der Waals surface area contributed by atoms with Crippen molar-refractivity contribution in [3.8, 4) is 0 Å². The number of sulfonamides is 1. The van der Waals surface area contributed by atoms with Crippen LogP contribution in [0, 0.1) is 0 Å². The van der Waals surface area contributed by atoms with Gasteiger partial charge in [0, 0.05) is 11.8 Å². The summed E-state index contributed by atoms with van der Waals surface area (Å²) in [6.45, 7) is 3.92. The van der Waals surface area contributed by atoms with E-state index in [0.717, 1.165) is 17.7 Å². The molecule has 3 N–H and O–H groups in total. The fourth-order valence-electron chi connectivity index (χ4n) is 2.12. The molecule has 7 nitrogen and oxygen atoms in total. The van der Waals surface area contributed by atoms with Crippen molar-refractivity contribution in [3.05, 3.63) is 45.8 Å². The molecule has 23 heavy (non-hydrogen) atoms. The van der Waals surface area contributed by atoms with Crippen LogP contribution in [0.25, 0.3) is 11.6 Å². The van der Waals surface area contributed by atoms with E-state index in [0.29, 0.717) is 24.4 Å². The second-order valence-electron chi connectivity index (χ2n) is 5.06. The summed E-state index contributed by atoms with van der Waals surface area (Å²) < 4.78 is 27.7. The Morgan fingerprint density at radius 3 is 2.70 bits per heavy atom. The van der Waals surface area contributed by atoms with Gasteiger partial charge in [0.05, 0.1) is 0 Å². The lowest BCUT2D eigenvalue weighted by atomic mass is 10.1. The Morgan fingerprint density at radius 1 is 1.39 bits per heavy atom. The normalized spacial score (nSPS) is 12.6. The molecular formula is C15H19N3O4S. The lowest BCUT2D eigenvalue weighted by Gasteiger charge is -2.05. The molecule has 0 amide bonds. The van der Waals surface area contributed by atoms with Crippen molar-refractivity contribution in [1.82, 2.24) is 9.97 Å². The molecule has 124 valence electrons. The third-order valence-corrected chi connectivity index (χ3v) is 3.97. The number of nitrogens with zero attached hydrogens (tertiary/aromatic N) is 1. The smallest absolute Gasteiger partial charge is 0.271 e. The molecule has 2 aromatic rings. The van der Waals surface area contributed by atoms with Crippen LogP contribution in [0.3, 0.4) is 0 Å². The van der Waals surface area contributed by atoms with Crippen LogP contribution in [0.4, 0.5) is 0 Å². The third kappa shape index (κ3) is 4.40. The number of nitrogens with one attached hydrogen (secondary N) is 1. The number of nitrogens with two attached hydrogens (primary N) is 1. The van der Waals surface area contributed by atoms with E-state index in [1.807, 2.05) is 13.8 Å². The van der Waals surface area contributed by atoms with Gasteiger partial charge in [-0.1, -0.05) is 20.3 Å². The van der Waals surface area contributed by atoms with Crippen LogP contribution in [-0.2, 0) is 16.4 Å². The molecule has 2 rings (SSSR count). The van der Waals surface area contributed by atoms with Crippen LogP contribution >= 0.6 is 0 Å². The van der Waals surface area contributed by atoms with Gasteiger partial charge >= 0.3 is 0 Å². The number of aromatic nitrogens is 2. The Labute approximate surface area is 134 Å². The largest absolute Gasteiger partial charge is 0.444 e. The molecule has 0 spiro atoms. The summed E-state index contributed by atoms with van der Waals surface area (Å²) in [7, 11) is -3.88. The quantitative estimate of drug-likeness (QED) is 0.834. The molecule has 2 aromatic heterocycles. The summed E-state index contributed by atoms with van der Waals surface area (Å²) in [6.07, 6.45) is 3.83. The van der Waals surface area contributed by atoms with Crippen LogP contribution in [0.1, 0.15) is 44.0 Å². The maximum Gasteiger partial charge on any atom is 0.271 e. The summed E-state index contributed by atoms with van der Waals surface area (Å²) >= 11 is 0. The minimum absolute atomic E-state index is 0.220. The first kappa shape index (κ1) is 17.2. The zero-order valence-electron chi connectivity index (χ0n) is 13.0. The van der Waals surface area contributed by atoms with Crippen LogP contribution < -0.4 is 10.7 Å².